The molecule has 28 heavy (non-hydrogen) atoms. The largest absolute Gasteiger partial charge is 0.496 e. The van der Waals surface area contributed by atoms with Crippen molar-refractivity contribution in [2.24, 2.45) is 7.05 Å². The van der Waals surface area contributed by atoms with Crippen molar-refractivity contribution < 1.29 is 14.3 Å². The molecule has 0 spiro atoms. The van der Waals surface area contributed by atoms with E-state index in [1.807, 2.05) is 37.4 Å². The summed E-state index contributed by atoms with van der Waals surface area (Å²) in [5.74, 6) is 1.35. The van der Waals surface area contributed by atoms with Gasteiger partial charge < -0.3 is 19.4 Å². The second kappa shape index (κ2) is 8.00. The van der Waals surface area contributed by atoms with E-state index in [0.29, 0.717) is 17.0 Å². The number of benzene rings is 2. The van der Waals surface area contributed by atoms with Gasteiger partial charge in [-0.1, -0.05) is 12.1 Å². The second-order valence-corrected chi connectivity index (χ2v) is 6.83. The number of hydrogen-bond acceptors (Lipinski definition) is 5. The maximum absolute atomic E-state index is 12.6. The summed E-state index contributed by atoms with van der Waals surface area (Å²) in [4.78, 5) is 19.8. The maximum atomic E-state index is 12.6. The topological polar surface area (TPSA) is 68.6 Å². The molecule has 1 saturated heterocycles. The molecule has 0 radical (unpaired) electrons. The lowest BCUT2D eigenvalue weighted by atomic mass is 10.2. The fourth-order valence-corrected chi connectivity index (χ4v) is 3.46. The van der Waals surface area contributed by atoms with Crippen molar-refractivity contribution in [2.75, 3.05) is 38.7 Å². The predicted molar refractivity (Wildman–Crippen MR) is 108 cm³/mol. The molecule has 2 aromatic carbocycles. The number of nitrogens with zero attached hydrogens (tertiary/aromatic N) is 3. The first kappa shape index (κ1) is 18.5. The first-order valence-corrected chi connectivity index (χ1v) is 9.35. The van der Waals surface area contributed by atoms with Gasteiger partial charge in [0, 0.05) is 25.8 Å². The molecule has 3 aromatic rings. The van der Waals surface area contributed by atoms with Gasteiger partial charge in [0.1, 0.15) is 11.6 Å². The molecular formula is C21H24N4O3. The van der Waals surface area contributed by atoms with Crippen molar-refractivity contribution in [3.05, 3.63) is 53.9 Å². The van der Waals surface area contributed by atoms with Crippen LogP contribution in [-0.2, 0) is 18.3 Å². The van der Waals surface area contributed by atoms with E-state index in [9.17, 15) is 4.79 Å². The van der Waals surface area contributed by atoms with Crippen LogP contribution in [0.4, 0.5) is 5.69 Å². The van der Waals surface area contributed by atoms with E-state index in [1.54, 1.807) is 19.2 Å². The fourth-order valence-electron chi connectivity index (χ4n) is 3.46. The van der Waals surface area contributed by atoms with Crippen LogP contribution < -0.4 is 10.1 Å². The van der Waals surface area contributed by atoms with Gasteiger partial charge in [0.25, 0.3) is 5.91 Å². The minimum Gasteiger partial charge on any atom is -0.496 e. The molecule has 0 atom stereocenters. The standard InChI is InChI=1S/C21H24N4O3/c1-24-18-8-7-15(22-21(26)16-5-3-4-6-19(16)27-2)13-17(18)23-20(24)14-25-9-11-28-12-10-25/h3-8,13H,9-12,14H2,1-2H3,(H,22,26). The number of ether oxygens (including phenoxy) is 2. The molecule has 0 saturated carbocycles. The summed E-state index contributed by atoms with van der Waals surface area (Å²) in [5.41, 5.74) is 3.11. The Labute approximate surface area is 163 Å². The highest BCUT2D eigenvalue weighted by Crippen LogP contribution is 2.23. The minimum atomic E-state index is -0.207. The van der Waals surface area contributed by atoms with Gasteiger partial charge in [0.05, 0.1) is 43.5 Å². The summed E-state index contributed by atoms with van der Waals surface area (Å²) >= 11 is 0. The average molecular weight is 380 g/mol. The number of hydrogen-bond donors (Lipinski definition) is 1. The van der Waals surface area contributed by atoms with Gasteiger partial charge in [-0.15, -0.1) is 0 Å². The van der Waals surface area contributed by atoms with Crippen molar-refractivity contribution in [2.45, 2.75) is 6.54 Å². The molecule has 7 nitrogen and oxygen atoms in total. The van der Waals surface area contributed by atoms with E-state index in [0.717, 1.165) is 49.7 Å². The molecule has 1 N–H and O–H groups in total. The van der Waals surface area contributed by atoms with Crippen molar-refractivity contribution in [3.8, 4) is 5.75 Å². The Kier molecular flexibility index (Phi) is 5.27. The molecule has 2 heterocycles. The fraction of sp³-hybridized carbons (Fsp3) is 0.333. The summed E-state index contributed by atoms with van der Waals surface area (Å²) in [5, 5.41) is 2.94. The summed E-state index contributed by atoms with van der Waals surface area (Å²) in [6, 6.07) is 13.0. The predicted octanol–water partition coefficient (Wildman–Crippen LogP) is 2.67. The number of amides is 1. The number of imidazole rings is 1. The average Bonchev–Trinajstić information content (AvgIpc) is 3.03. The van der Waals surface area contributed by atoms with Gasteiger partial charge in [-0.2, -0.15) is 0 Å². The molecular weight excluding hydrogens is 356 g/mol. The molecule has 0 unspecified atom stereocenters. The Bertz CT molecular complexity index is 992. The summed E-state index contributed by atoms with van der Waals surface area (Å²) in [7, 11) is 3.58. The lowest BCUT2D eigenvalue weighted by Crippen LogP contribution is -2.36. The number of fused-ring (bicyclic) bond motifs is 1. The van der Waals surface area contributed by atoms with Crippen LogP contribution in [0, 0.1) is 0 Å². The number of morpholine rings is 1. The third kappa shape index (κ3) is 3.72. The van der Waals surface area contributed by atoms with Crippen LogP contribution in [0.3, 0.4) is 0 Å². The van der Waals surface area contributed by atoms with Crippen LogP contribution in [0.25, 0.3) is 11.0 Å². The molecule has 0 bridgehead atoms. The molecule has 4 rings (SSSR count). The number of methoxy groups -OCH3 is 1. The van der Waals surface area contributed by atoms with E-state index in [4.69, 9.17) is 14.5 Å². The lowest BCUT2D eigenvalue weighted by molar-refractivity contribution is 0.0328. The normalized spacial score (nSPS) is 14.9. The van der Waals surface area contributed by atoms with E-state index >= 15 is 0 Å². The van der Waals surface area contributed by atoms with Crippen molar-refractivity contribution in [1.82, 2.24) is 14.5 Å². The van der Waals surface area contributed by atoms with Gasteiger partial charge >= 0.3 is 0 Å². The van der Waals surface area contributed by atoms with Gasteiger partial charge in [-0.3, -0.25) is 9.69 Å². The van der Waals surface area contributed by atoms with E-state index < -0.39 is 0 Å². The first-order chi connectivity index (χ1) is 13.7. The van der Waals surface area contributed by atoms with Crippen LogP contribution >= 0.6 is 0 Å². The molecule has 1 aromatic heterocycles. The second-order valence-electron chi connectivity index (χ2n) is 6.83. The Morgan fingerprint density at radius 2 is 2.00 bits per heavy atom. The van der Waals surface area contributed by atoms with Crippen LogP contribution in [-0.4, -0.2) is 53.8 Å². The number of aryl methyl sites for hydroxylation is 1. The van der Waals surface area contributed by atoms with Gasteiger partial charge in [0.2, 0.25) is 0 Å². The monoisotopic (exact) mass is 380 g/mol. The summed E-state index contributed by atoms with van der Waals surface area (Å²) in [6.45, 7) is 4.16. The zero-order valence-corrected chi connectivity index (χ0v) is 16.1. The number of rotatable bonds is 5. The van der Waals surface area contributed by atoms with Gasteiger partial charge in [0.15, 0.2) is 0 Å². The third-order valence-corrected chi connectivity index (χ3v) is 5.05. The number of carbonyl (C=O) groups excluding carboxylic acids is 1. The molecule has 1 fully saturated rings. The molecule has 1 aliphatic rings. The maximum Gasteiger partial charge on any atom is 0.259 e. The molecule has 1 amide bonds. The summed E-state index contributed by atoms with van der Waals surface area (Å²) in [6.07, 6.45) is 0. The van der Waals surface area contributed by atoms with Crippen LogP contribution in [0.2, 0.25) is 0 Å². The number of aromatic nitrogens is 2. The lowest BCUT2D eigenvalue weighted by Gasteiger charge is -2.26. The van der Waals surface area contributed by atoms with Crippen molar-refractivity contribution in [3.63, 3.8) is 0 Å². The van der Waals surface area contributed by atoms with E-state index in [2.05, 4.69) is 14.8 Å². The minimum absolute atomic E-state index is 0.207. The Hall–Kier alpha value is -2.90. The Balaban J connectivity index is 1.55. The highest BCUT2D eigenvalue weighted by molar-refractivity contribution is 6.06. The van der Waals surface area contributed by atoms with Gasteiger partial charge in [-0.05, 0) is 30.3 Å². The highest BCUT2D eigenvalue weighted by Gasteiger charge is 2.16. The quantitative estimate of drug-likeness (QED) is 0.737. The zero-order chi connectivity index (χ0) is 19.5. The third-order valence-electron chi connectivity index (χ3n) is 5.05. The molecule has 146 valence electrons. The highest BCUT2D eigenvalue weighted by atomic mass is 16.5. The Morgan fingerprint density at radius 3 is 2.79 bits per heavy atom. The van der Waals surface area contributed by atoms with E-state index in [-0.39, 0.29) is 5.91 Å². The summed E-state index contributed by atoms with van der Waals surface area (Å²) < 4.78 is 12.8. The molecule has 1 aliphatic heterocycles. The number of para-hydroxylation sites is 1. The Morgan fingerprint density at radius 1 is 1.21 bits per heavy atom. The van der Waals surface area contributed by atoms with Crippen molar-refractivity contribution in [1.29, 1.82) is 0 Å². The van der Waals surface area contributed by atoms with Gasteiger partial charge in [-0.25, -0.2) is 4.98 Å². The van der Waals surface area contributed by atoms with Crippen LogP contribution in [0.5, 0.6) is 5.75 Å². The first-order valence-electron chi connectivity index (χ1n) is 9.35. The van der Waals surface area contributed by atoms with Crippen molar-refractivity contribution >= 4 is 22.6 Å². The van der Waals surface area contributed by atoms with E-state index in [1.165, 1.54) is 0 Å². The molecule has 7 heteroatoms. The molecule has 0 aliphatic carbocycles. The number of carbonyl (C=O) groups is 1. The number of anilines is 1. The zero-order valence-electron chi connectivity index (χ0n) is 16.1. The number of nitrogens with one attached hydrogen (secondary N) is 1. The smallest absolute Gasteiger partial charge is 0.259 e. The van der Waals surface area contributed by atoms with Crippen LogP contribution in [0.15, 0.2) is 42.5 Å². The SMILES string of the molecule is COc1ccccc1C(=O)Nc1ccc2c(c1)nc(CN1CCOCC1)n2C. The van der Waals surface area contributed by atoms with Crippen LogP contribution in [0.1, 0.15) is 16.2 Å².